The third-order valence-corrected chi connectivity index (χ3v) is 7.08. The maximum absolute atomic E-state index is 12.9. The van der Waals surface area contributed by atoms with E-state index in [1.54, 1.807) is 29.2 Å². The number of carbonyl (C=O) groups excluding carboxylic acids is 1. The molecule has 1 unspecified atom stereocenters. The standard InChI is InChI=1S/C19H21BrN2O3S/c1-11-5-6-16(7-12(11)2)21-26(24,25)19-10-18-15(9-17(19)20)8-13(3)22(18)14(4)23/h5-7,9-10,13,21H,8H2,1-4H3. The van der Waals surface area contributed by atoms with Crippen molar-refractivity contribution >= 4 is 43.2 Å². The Hall–Kier alpha value is -1.86. The van der Waals surface area contributed by atoms with Gasteiger partial charge in [-0.15, -0.1) is 0 Å². The monoisotopic (exact) mass is 436 g/mol. The van der Waals surface area contributed by atoms with E-state index in [0.29, 0.717) is 22.3 Å². The molecule has 1 aliphatic rings. The number of nitrogens with zero attached hydrogens (tertiary/aromatic N) is 1. The fourth-order valence-corrected chi connectivity index (χ4v) is 5.48. The van der Waals surface area contributed by atoms with Crippen LogP contribution in [-0.2, 0) is 21.2 Å². The molecule has 7 heteroatoms. The Morgan fingerprint density at radius 2 is 1.88 bits per heavy atom. The molecule has 2 aromatic rings. The predicted octanol–water partition coefficient (Wildman–Crippen LogP) is 4.16. The molecule has 0 bridgehead atoms. The number of fused-ring (bicyclic) bond motifs is 1. The molecule has 0 spiro atoms. The van der Waals surface area contributed by atoms with Crippen molar-refractivity contribution in [3.05, 3.63) is 51.5 Å². The van der Waals surface area contributed by atoms with Crippen molar-refractivity contribution in [3.63, 3.8) is 0 Å². The van der Waals surface area contributed by atoms with Crippen molar-refractivity contribution in [1.82, 2.24) is 0 Å². The number of amides is 1. The SMILES string of the molecule is CC(=O)N1c2cc(S(=O)(=O)Nc3ccc(C)c(C)c3)c(Br)cc2CC1C. The molecule has 5 nitrogen and oxygen atoms in total. The molecular formula is C19H21BrN2O3S. The van der Waals surface area contributed by atoms with E-state index in [-0.39, 0.29) is 16.8 Å². The van der Waals surface area contributed by atoms with E-state index in [4.69, 9.17) is 0 Å². The molecule has 0 aromatic heterocycles. The van der Waals surface area contributed by atoms with Gasteiger partial charge in [0, 0.05) is 28.8 Å². The first-order valence-corrected chi connectivity index (χ1v) is 10.6. The molecule has 1 atom stereocenters. The van der Waals surface area contributed by atoms with E-state index in [1.807, 2.05) is 26.8 Å². The normalized spacial score (nSPS) is 16.5. The van der Waals surface area contributed by atoms with Gasteiger partial charge in [0.2, 0.25) is 5.91 Å². The quantitative estimate of drug-likeness (QED) is 0.784. The van der Waals surface area contributed by atoms with Crippen LogP contribution in [0, 0.1) is 13.8 Å². The molecular weight excluding hydrogens is 416 g/mol. The van der Waals surface area contributed by atoms with Crippen LogP contribution in [0.15, 0.2) is 39.7 Å². The van der Waals surface area contributed by atoms with Gasteiger partial charge in [-0.25, -0.2) is 8.42 Å². The Morgan fingerprint density at radius 3 is 2.50 bits per heavy atom. The third kappa shape index (κ3) is 3.38. The number of carbonyl (C=O) groups is 1. The molecule has 0 fully saturated rings. The van der Waals surface area contributed by atoms with Gasteiger partial charge < -0.3 is 4.90 Å². The van der Waals surface area contributed by atoms with Crippen LogP contribution in [0.1, 0.15) is 30.5 Å². The largest absolute Gasteiger partial charge is 0.309 e. The second kappa shape index (κ2) is 6.70. The van der Waals surface area contributed by atoms with Gasteiger partial charge in [0.05, 0.1) is 0 Å². The summed E-state index contributed by atoms with van der Waals surface area (Å²) in [4.78, 5) is 13.7. The molecule has 138 valence electrons. The highest BCUT2D eigenvalue weighted by molar-refractivity contribution is 9.10. The number of hydrogen-bond donors (Lipinski definition) is 1. The summed E-state index contributed by atoms with van der Waals surface area (Å²) in [7, 11) is -3.80. The van der Waals surface area contributed by atoms with Crippen molar-refractivity contribution in [2.24, 2.45) is 0 Å². The lowest BCUT2D eigenvalue weighted by atomic mass is 10.1. The summed E-state index contributed by atoms with van der Waals surface area (Å²) in [6.07, 6.45) is 0.707. The van der Waals surface area contributed by atoms with E-state index in [2.05, 4.69) is 20.7 Å². The van der Waals surface area contributed by atoms with Gasteiger partial charge in [-0.3, -0.25) is 9.52 Å². The highest BCUT2D eigenvalue weighted by atomic mass is 79.9. The summed E-state index contributed by atoms with van der Waals surface area (Å²) in [5.41, 5.74) is 4.24. The number of aryl methyl sites for hydroxylation is 2. The summed E-state index contributed by atoms with van der Waals surface area (Å²) in [5, 5.41) is 0. The lowest BCUT2D eigenvalue weighted by molar-refractivity contribution is -0.116. The van der Waals surface area contributed by atoms with Crippen LogP contribution in [0.5, 0.6) is 0 Å². The van der Waals surface area contributed by atoms with E-state index >= 15 is 0 Å². The molecule has 1 aliphatic heterocycles. The number of hydrogen-bond acceptors (Lipinski definition) is 3. The number of benzene rings is 2. The average Bonchev–Trinajstić information content (AvgIpc) is 2.84. The van der Waals surface area contributed by atoms with Crippen molar-refractivity contribution in [3.8, 4) is 0 Å². The Balaban J connectivity index is 2.03. The molecule has 26 heavy (non-hydrogen) atoms. The zero-order valence-corrected chi connectivity index (χ0v) is 17.5. The van der Waals surface area contributed by atoms with Crippen molar-refractivity contribution in [2.45, 2.75) is 45.1 Å². The predicted molar refractivity (Wildman–Crippen MR) is 107 cm³/mol. The minimum atomic E-state index is -3.80. The summed E-state index contributed by atoms with van der Waals surface area (Å²) >= 11 is 3.38. The molecule has 1 heterocycles. The van der Waals surface area contributed by atoms with Gasteiger partial charge in [0.15, 0.2) is 0 Å². The van der Waals surface area contributed by atoms with E-state index in [0.717, 1.165) is 16.7 Å². The fraction of sp³-hybridized carbons (Fsp3) is 0.316. The van der Waals surface area contributed by atoms with Gasteiger partial charge in [0.1, 0.15) is 4.90 Å². The molecule has 1 N–H and O–H groups in total. The summed E-state index contributed by atoms with van der Waals surface area (Å²) in [6.45, 7) is 7.36. The minimum absolute atomic E-state index is 0.0139. The molecule has 0 saturated carbocycles. The highest BCUT2D eigenvalue weighted by Gasteiger charge is 2.32. The third-order valence-electron chi connectivity index (χ3n) is 4.74. The lowest BCUT2D eigenvalue weighted by Crippen LogP contribution is -2.33. The molecule has 0 radical (unpaired) electrons. The Bertz CT molecular complexity index is 1000. The highest BCUT2D eigenvalue weighted by Crippen LogP contribution is 2.38. The Morgan fingerprint density at radius 1 is 1.19 bits per heavy atom. The minimum Gasteiger partial charge on any atom is -0.309 e. The smallest absolute Gasteiger partial charge is 0.263 e. The number of halogens is 1. The first-order valence-electron chi connectivity index (χ1n) is 8.32. The van der Waals surface area contributed by atoms with Crippen molar-refractivity contribution in [2.75, 3.05) is 9.62 Å². The van der Waals surface area contributed by atoms with Crippen molar-refractivity contribution in [1.29, 1.82) is 0 Å². The zero-order valence-electron chi connectivity index (χ0n) is 15.1. The second-order valence-corrected chi connectivity index (χ2v) is 9.26. The molecule has 2 aromatic carbocycles. The van der Waals surface area contributed by atoms with Crippen LogP contribution in [-0.4, -0.2) is 20.4 Å². The molecule has 0 saturated heterocycles. The fourth-order valence-electron chi connectivity index (χ4n) is 3.32. The first kappa shape index (κ1) is 18.9. The van der Waals surface area contributed by atoms with Gasteiger partial charge in [-0.1, -0.05) is 6.07 Å². The summed E-state index contributed by atoms with van der Waals surface area (Å²) < 4.78 is 29.0. The number of nitrogens with one attached hydrogen (secondary N) is 1. The van der Waals surface area contributed by atoms with Gasteiger partial charge in [0.25, 0.3) is 10.0 Å². The second-order valence-electron chi connectivity index (χ2n) is 6.76. The summed E-state index contributed by atoms with van der Waals surface area (Å²) in [5.74, 6) is -0.0935. The first-order chi connectivity index (χ1) is 12.1. The van der Waals surface area contributed by atoms with Crippen LogP contribution in [0.4, 0.5) is 11.4 Å². The maximum atomic E-state index is 12.9. The van der Waals surface area contributed by atoms with Crippen LogP contribution >= 0.6 is 15.9 Å². The van der Waals surface area contributed by atoms with Gasteiger partial charge >= 0.3 is 0 Å². The van der Waals surface area contributed by atoms with E-state index < -0.39 is 10.0 Å². The van der Waals surface area contributed by atoms with Crippen LogP contribution in [0.2, 0.25) is 0 Å². The average molecular weight is 437 g/mol. The summed E-state index contributed by atoms with van der Waals surface area (Å²) in [6, 6.07) is 8.81. The topological polar surface area (TPSA) is 66.5 Å². The number of rotatable bonds is 3. The van der Waals surface area contributed by atoms with Crippen LogP contribution < -0.4 is 9.62 Å². The van der Waals surface area contributed by atoms with Crippen molar-refractivity contribution < 1.29 is 13.2 Å². The molecule has 0 aliphatic carbocycles. The number of anilines is 2. The maximum Gasteiger partial charge on any atom is 0.263 e. The lowest BCUT2D eigenvalue weighted by Gasteiger charge is -2.21. The van der Waals surface area contributed by atoms with Crippen LogP contribution in [0.3, 0.4) is 0 Å². The van der Waals surface area contributed by atoms with Crippen LogP contribution in [0.25, 0.3) is 0 Å². The van der Waals surface area contributed by atoms with E-state index in [1.165, 1.54) is 6.92 Å². The zero-order chi connectivity index (χ0) is 19.2. The Labute approximate surface area is 162 Å². The Kier molecular flexibility index (Phi) is 4.88. The number of sulfonamides is 1. The molecule has 1 amide bonds. The van der Waals surface area contributed by atoms with Gasteiger partial charge in [-0.05, 0) is 84.1 Å². The molecule has 3 rings (SSSR count). The van der Waals surface area contributed by atoms with E-state index in [9.17, 15) is 13.2 Å². The van der Waals surface area contributed by atoms with Gasteiger partial charge in [-0.2, -0.15) is 0 Å².